The number of benzene rings is 1. The van der Waals surface area contributed by atoms with E-state index in [0.29, 0.717) is 6.04 Å². The van der Waals surface area contributed by atoms with Gasteiger partial charge in [0.2, 0.25) is 0 Å². The van der Waals surface area contributed by atoms with Gasteiger partial charge in [-0.25, -0.2) is 0 Å². The van der Waals surface area contributed by atoms with E-state index in [2.05, 4.69) is 62.4 Å². The number of rotatable bonds is 9. The highest BCUT2D eigenvalue weighted by atomic mass is 127. The molecule has 0 aliphatic carbocycles. The number of morpholine rings is 1. The van der Waals surface area contributed by atoms with E-state index in [0.717, 1.165) is 71.4 Å². The second-order valence-corrected chi connectivity index (χ2v) is 7.96. The van der Waals surface area contributed by atoms with Gasteiger partial charge in [-0.3, -0.25) is 9.89 Å². The Balaban J connectivity index is 0.00000320. The number of ether oxygens (including phenoxy) is 2. The van der Waals surface area contributed by atoms with Crippen molar-refractivity contribution in [2.45, 2.75) is 25.1 Å². The molecule has 2 atom stereocenters. The summed E-state index contributed by atoms with van der Waals surface area (Å²) in [5, 5.41) is 3.54. The molecule has 2 aliphatic rings. The molecule has 30 heavy (non-hydrogen) atoms. The molecule has 2 aliphatic heterocycles. The van der Waals surface area contributed by atoms with E-state index in [1.165, 1.54) is 5.56 Å². The molecular formula is C22H38IN5O2. The second kappa shape index (κ2) is 13.5. The maximum atomic E-state index is 6.10. The predicted octanol–water partition coefficient (Wildman–Crippen LogP) is 1.73. The van der Waals surface area contributed by atoms with E-state index in [1.54, 1.807) is 7.11 Å². The average Bonchev–Trinajstić information content (AvgIpc) is 3.18. The Morgan fingerprint density at radius 1 is 1.27 bits per heavy atom. The number of guanidine groups is 1. The van der Waals surface area contributed by atoms with Crippen LogP contribution in [0, 0.1) is 0 Å². The van der Waals surface area contributed by atoms with Gasteiger partial charge in [0.25, 0.3) is 0 Å². The first kappa shape index (κ1) is 25.3. The number of methoxy groups -OCH3 is 1. The first-order chi connectivity index (χ1) is 14.2. The molecule has 2 saturated heterocycles. The highest BCUT2D eigenvalue weighted by molar-refractivity contribution is 14.0. The zero-order chi connectivity index (χ0) is 20.5. The fourth-order valence-corrected chi connectivity index (χ4v) is 4.19. The van der Waals surface area contributed by atoms with Crippen molar-refractivity contribution in [3.8, 4) is 0 Å². The van der Waals surface area contributed by atoms with Gasteiger partial charge in [0.1, 0.15) is 0 Å². The molecular weight excluding hydrogens is 493 g/mol. The number of likely N-dealkylation sites (N-methyl/N-ethyl adjacent to an activating group) is 1. The van der Waals surface area contributed by atoms with Gasteiger partial charge in [0, 0.05) is 53.4 Å². The van der Waals surface area contributed by atoms with Crippen LogP contribution in [0.2, 0.25) is 0 Å². The highest BCUT2D eigenvalue weighted by Crippen LogP contribution is 2.24. The van der Waals surface area contributed by atoms with Gasteiger partial charge in [0.05, 0.1) is 25.4 Å². The molecule has 0 spiro atoms. The van der Waals surface area contributed by atoms with Crippen molar-refractivity contribution in [2.75, 3.05) is 73.7 Å². The largest absolute Gasteiger partial charge is 0.383 e. The van der Waals surface area contributed by atoms with Crippen molar-refractivity contribution in [1.29, 1.82) is 0 Å². The normalized spacial score (nSPS) is 22.1. The lowest BCUT2D eigenvalue weighted by molar-refractivity contribution is -0.0502. The summed E-state index contributed by atoms with van der Waals surface area (Å²) < 4.78 is 11.2. The van der Waals surface area contributed by atoms with E-state index in [-0.39, 0.29) is 30.1 Å². The number of aliphatic imine (C=N–C) groups is 1. The zero-order valence-corrected chi connectivity index (χ0v) is 21.0. The molecule has 0 aromatic heterocycles. The van der Waals surface area contributed by atoms with Crippen LogP contribution in [-0.4, -0.2) is 106 Å². The summed E-state index contributed by atoms with van der Waals surface area (Å²) in [6.07, 6.45) is 1.34. The quantitative estimate of drug-likeness (QED) is 0.227. The van der Waals surface area contributed by atoms with E-state index in [4.69, 9.17) is 9.47 Å². The van der Waals surface area contributed by atoms with E-state index in [1.807, 2.05) is 7.05 Å². The van der Waals surface area contributed by atoms with E-state index < -0.39 is 0 Å². The van der Waals surface area contributed by atoms with E-state index >= 15 is 0 Å². The number of halogens is 1. The Morgan fingerprint density at radius 3 is 2.80 bits per heavy atom. The highest BCUT2D eigenvalue weighted by Gasteiger charge is 2.41. The average molecular weight is 531 g/mol. The summed E-state index contributed by atoms with van der Waals surface area (Å²) in [5.41, 5.74) is 1.37. The summed E-state index contributed by atoms with van der Waals surface area (Å²) in [4.78, 5) is 11.8. The molecule has 8 heteroatoms. The first-order valence-electron chi connectivity index (χ1n) is 10.7. The summed E-state index contributed by atoms with van der Waals surface area (Å²) in [6, 6.07) is 11.2. The molecule has 0 radical (unpaired) electrons. The van der Waals surface area contributed by atoms with Crippen LogP contribution in [0.4, 0.5) is 0 Å². The third-order valence-electron chi connectivity index (χ3n) is 5.83. The van der Waals surface area contributed by atoms with Crippen LogP contribution < -0.4 is 5.32 Å². The van der Waals surface area contributed by atoms with E-state index in [9.17, 15) is 0 Å². The molecule has 2 fully saturated rings. The van der Waals surface area contributed by atoms with Crippen molar-refractivity contribution in [3.63, 3.8) is 0 Å². The van der Waals surface area contributed by atoms with Crippen molar-refractivity contribution >= 4 is 29.9 Å². The Hall–Kier alpha value is -0.940. The van der Waals surface area contributed by atoms with Gasteiger partial charge in [-0.15, -0.1) is 24.0 Å². The lowest BCUT2D eigenvalue weighted by Crippen LogP contribution is -2.50. The van der Waals surface area contributed by atoms with Gasteiger partial charge in [-0.05, 0) is 25.6 Å². The Kier molecular flexibility index (Phi) is 11.4. The fraction of sp³-hybridized carbons (Fsp3) is 0.682. The van der Waals surface area contributed by atoms with Gasteiger partial charge < -0.3 is 24.6 Å². The van der Waals surface area contributed by atoms with Crippen molar-refractivity contribution in [1.82, 2.24) is 20.0 Å². The minimum Gasteiger partial charge on any atom is -0.383 e. The molecule has 2 unspecified atom stereocenters. The maximum absolute atomic E-state index is 6.10. The third kappa shape index (κ3) is 7.33. The lowest BCUT2D eigenvalue weighted by Gasteiger charge is -2.36. The van der Waals surface area contributed by atoms with Crippen LogP contribution in [-0.2, 0) is 16.0 Å². The summed E-state index contributed by atoms with van der Waals surface area (Å²) >= 11 is 0. The van der Waals surface area contributed by atoms with Crippen molar-refractivity contribution < 1.29 is 9.47 Å². The zero-order valence-electron chi connectivity index (χ0n) is 18.6. The molecule has 0 saturated carbocycles. The summed E-state index contributed by atoms with van der Waals surface area (Å²) in [7, 11) is 5.76. The summed E-state index contributed by atoms with van der Waals surface area (Å²) in [6.45, 7) is 8.37. The topological polar surface area (TPSA) is 52.6 Å². The van der Waals surface area contributed by atoms with Gasteiger partial charge in [-0.1, -0.05) is 30.3 Å². The number of hydrogen-bond donors (Lipinski definition) is 1. The molecule has 7 nitrogen and oxygen atoms in total. The van der Waals surface area contributed by atoms with Gasteiger partial charge >= 0.3 is 0 Å². The Morgan fingerprint density at radius 2 is 2.07 bits per heavy atom. The number of hydrogen-bond acceptors (Lipinski definition) is 5. The van der Waals surface area contributed by atoms with Gasteiger partial charge in [0.15, 0.2) is 5.96 Å². The maximum Gasteiger partial charge on any atom is 0.193 e. The Labute approximate surface area is 198 Å². The predicted molar refractivity (Wildman–Crippen MR) is 133 cm³/mol. The molecule has 1 aromatic carbocycles. The molecule has 0 bridgehead atoms. The summed E-state index contributed by atoms with van der Waals surface area (Å²) in [5.74, 6) is 0.988. The smallest absolute Gasteiger partial charge is 0.193 e. The second-order valence-electron chi connectivity index (χ2n) is 7.96. The molecule has 170 valence electrons. The monoisotopic (exact) mass is 531 g/mol. The Bertz CT molecular complexity index is 633. The molecule has 3 rings (SSSR count). The lowest BCUT2D eigenvalue weighted by atomic mass is 10.1. The first-order valence-corrected chi connectivity index (χ1v) is 10.7. The van der Waals surface area contributed by atoms with Crippen molar-refractivity contribution in [3.05, 3.63) is 35.9 Å². The molecule has 1 aromatic rings. The van der Waals surface area contributed by atoms with Crippen LogP contribution in [0.1, 0.15) is 12.0 Å². The van der Waals surface area contributed by atoms with Crippen LogP contribution in [0.3, 0.4) is 0 Å². The minimum atomic E-state index is 0. The molecule has 0 amide bonds. The standard InChI is InChI=1S/C22H37N5O2.HI/c1-23-22(24-10-7-11-25(2)12-14-28-3)27-17-20-21(18-27)29-15-13-26(20)16-19-8-5-4-6-9-19;/h4-6,8-9,20-21H,7,10-18H2,1-3H3,(H,23,24);1H. The van der Waals surface area contributed by atoms with Crippen LogP contribution in [0.5, 0.6) is 0 Å². The minimum absolute atomic E-state index is 0. The fourth-order valence-electron chi connectivity index (χ4n) is 4.19. The number of nitrogens with one attached hydrogen (secondary N) is 1. The number of likely N-dealkylation sites (tertiary alicyclic amines) is 1. The van der Waals surface area contributed by atoms with Crippen LogP contribution in [0.25, 0.3) is 0 Å². The number of fused-ring (bicyclic) bond motifs is 1. The van der Waals surface area contributed by atoms with Crippen LogP contribution >= 0.6 is 24.0 Å². The molecule has 2 heterocycles. The molecule has 1 N–H and O–H groups in total. The number of nitrogens with zero attached hydrogens (tertiary/aromatic N) is 4. The van der Waals surface area contributed by atoms with Crippen LogP contribution in [0.15, 0.2) is 35.3 Å². The van der Waals surface area contributed by atoms with Gasteiger partial charge in [-0.2, -0.15) is 0 Å². The third-order valence-corrected chi connectivity index (χ3v) is 5.83. The SMILES string of the molecule is CN=C(NCCCN(C)CCOC)N1CC2OCCN(Cc3ccccc3)C2C1.I. The van der Waals surface area contributed by atoms with Crippen molar-refractivity contribution in [2.24, 2.45) is 4.99 Å².